The summed E-state index contributed by atoms with van der Waals surface area (Å²) in [4.78, 5) is 30.9. The molecule has 2 aliphatic heterocycles. The summed E-state index contributed by atoms with van der Waals surface area (Å²) >= 11 is 0. The van der Waals surface area contributed by atoms with Crippen LogP contribution < -0.4 is 9.47 Å². The van der Waals surface area contributed by atoms with Gasteiger partial charge in [-0.1, -0.05) is 43.0 Å². The van der Waals surface area contributed by atoms with E-state index in [1.165, 1.54) is 0 Å². The van der Waals surface area contributed by atoms with Crippen LogP contribution in [0.15, 0.2) is 91.0 Å². The predicted molar refractivity (Wildman–Crippen MR) is 161 cm³/mol. The van der Waals surface area contributed by atoms with E-state index in [9.17, 15) is 14.7 Å². The first-order chi connectivity index (χ1) is 20.5. The van der Waals surface area contributed by atoms with Crippen LogP contribution in [-0.2, 0) is 14.3 Å². The number of hydrogen-bond donors (Lipinski definition) is 1. The van der Waals surface area contributed by atoms with Crippen LogP contribution in [0.2, 0.25) is 0 Å². The molecule has 0 bridgehead atoms. The Morgan fingerprint density at radius 1 is 0.976 bits per heavy atom. The number of hydrogen-bond acceptors (Lipinski definition) is 7. The standard InChI is InChI=1S/C34H36N2O6/c1-3-19-41-27-13-14-29(24(2)22-27)32(37)30-31(25-9-7-12-28(23-25)42-26-10-5-4-6-11-26)36(34(39)33(30)38)16-8-15-35-17-20-40-21-18-35/h3-7,9-14,22-23,31,37H,1,8,15-21H2,2H3/t31-/m1/s1. The van der Waals surface area contributed by atoms with E-state index in [0.29, 0.717) is 66.7 Å². The van der Waals surface area contributed by atoms with Crippen LogP contribution in [0.4, 0.5) is 0 Å². The zero-order chi connectivity index (χ0) is 29.5. The van der Waals surface area contributed by atoms with Crippen LogP contribution in [0.25, 0.3) is 5.76 Å². The minimum atomic E-state index is -0.773. The number of ether oxygens (including phenoxy) is 3. The number of nitrogens with zero attached hydrogens (tertiary/aromatic N) is 2. The van der Waals surface area contributed by atoms with Crippen molar-refractivity contribution in [3.05, 3.63) is 108 Å². The summed E-state index contributed by atoms with van der Waals surface area (Å²) in [5.74, 6) is 0.318. The Balaban J connectivity index is 1.50. The molecular weight excluding hydrogens is 532 g/mol. The van der Waals surface area contributed by atoms with E-state index >= 15 is 0 Å². The highest BCUT2D eigenvalue weighted by atomic mass is 16.5. The molecule has 42 heavy (non-hydrogen) atoms. The van der Waals surface area contributed by atoms with Gasteiger partial charge in [-0.15, -0.1) is 0 Å². The van der Waals surface area contributed by atoms with Gasteiger partial charge in [-0.05, 0) is 66.9 Å². The quantitative estimate of drug-likeness (QED) is 0.142. The summed E-state index contributed by atoms with van der Waals surface area (Å²) in [5, 5.41) is 11.6. The van der Waals surface area contributed by atoms with Crippen molar-refractivity contribution in [2.24, 2.45) is 0 Å². The molecule has 0 radical (unpaired) electrons. The molecule has 0 unspecified atom stereocenters. The molecule has 0 saturated carbocycles. The van der Waals surface area contributed by atoms with Gasteiger partial charge in [0, 0.05) is 31.7 Å². The van der Waals surface area contributed by atoms with Gasteiger partial charge in [0.15, 0.2) is 0 Å². The molecule has 3 aromatic carbocycles. The van der Waals surface area contributed by atoms with Crippen LogP contribution in [0, 0.1) is 6.92 Å². The number of rotatable bonds is 11. The molecule has 0 spiro atoms. The van der Waals surface area contributed by atoms with Gasteiger partial charge < -0.3 is 24.2 Å². The van der Waals surface area contributed by atoms with Crippen molar-refractivity contribution in [1.29, 1.82) is 0 Å². The number of carbonyl (C=O) groups excluding carboxylic acids is 2. The number of aryl methyl sites for hydroxylation is 1. The SMILES string of the molecule is C=CCOc1ccc(C(O)=C2C(=O)C(=O)N(CCCN3CCOCC3)[C@@H]2c2cccc(Oc3ccccc3)c2)c(C)c1. The zero-order valence-electron chi connectivity index (χ0n) is 23.8. The lowest BCUT2D eigenvalue weighted by molar-refractivity contribution is -0.140. The van der Waals surface area contributed by atoms with Gasteiger partial charge in [-0.3, -0.25) is 14.5 Å². The van der Waals surface area contributed by atoms with Gasteiger partial charge in [0.2, 0.25) is 0 Å². The Morgan fingerprint density at radius 3 is 2.48 bits per heavy atom. The maximum atomic E-state index is 13.6. The Bertz CT molecular complexity index is 1460. The van der Waals surface area contributed by atoms with Crippen molar-refractivity contribution in [2.45, 2.75) is 19.4 Å². The van der Waals surface area contributed by atoms with E-state index in [0.717, 1.165) is 19.6 Å². The fourth-order valence-corrected chi connectivity index (χ4v) is 5.41. The molecule has 5 rings (SSSR count). The Labute approximate surface area is 246 Å². The number of benzene rings is 3. The second kappa shape index (κ2) is 13.5. The second-order valence-corrected chi connectivity index (χ2v) is 10.4. The maximum absolute atomic E-state index is 13.6. The van der Waals surface area contributed by atoms with Gasteiger partial charge >= 0.3 is 0 Å². The molecule has 2 aliphatic rings. The Morgan fingerprint density at radius 2 is 1.74 bits per heavy atom. The van der Waals surface area contributed by atoms with Crippen molar-refractivity contribution in [1.82, 2.24) is 9.80 Å². The molecule has 0 aromatic heterocycles. The van der Waals surface area contributed by atoms with Crippen molar-refractivity contribution in [3.63, 3.8) is 0 Å². The molecule has 1 N–H and O–H groups in total. The topological polar surface area (TPSA) is 88.5 Å². The highest BCUT2D eigenvalue weighted by Crippen LogP contribution is 2.41. The summed E-state index contributed by atoms with van der Waals surface area (Å²) in [6.45, 7) is 10.1. The molecular formula is C34H36N2O6. The van der Waals surface area contributed by atoms with Crippen LogP contribution in [0.5, 0.6) is 17.2 Å². The van der Waals surface area contributed by atoms with E-state index in [2.05, 4.69) is 11.5 Å². The van der Waals surface area contributed by atoms with Gasteiger partial charge in [-0.2, -0.15) is 0 Å². The number of carbonyl (C=O) groups is 2. The van der Waals surface area contributed by atoms with Gasteiger partial charge in [0.05, 0.1) is 24.8 Å². The summed E-state index contributed by atoms with van der Waals surface area (Å²) in [7, 11) is 0. The molecule has 8 heteroatoms. The number of Topliss-reactive ketones (excluding diaryl/α,β-unsaturated/α-hetero) is 1. The van der Waals surface area contributed by atoms with E-state index in [-0.39, 0.29) is 11.3 Å². The van der Waals surface area contributed by atoms with Crippen molar-refractivity contribution < 1.29 is 28.9 Å². The Kier molecular flexibility index (Phi) is 9.36. The second-order valence-electron chi connectivity index (χ2n) is 10.4. The number of morpholine rings is 1. The lowest BCUT2D eigenvalue weighted by Gasteiger charge is -2.29. The van der Waals surface area contributed by atoms with Gasteiger partial charge in [0.1, 0.15) is 29.6 Å². The molecule has 0 aliphatic carbocycles. The summed E-state index contributed by atoms with van der Waals surface area (Å²) in [6, 6.07) is 21.2. The third kappa shape index (κ3) is 6.56. The van der Waals surface area contributed by atoms with Crippen molar-refractivity contribution in [3.8, 4) is 17.2 Å². The minimum absolute atomic E-state index is 0.0612. The summed E-state index contributed by atoms with van der Waals surface area (Å²) in [5.41, 5.74) is 1.92. The summed E-state index contributed by atoms with van der Waals surface area (Å²) in [6.07, 6.45) is 2.33. The highest BCUT2D eigenvalue weighted by molar-refractivity contribution is 6.46. The minimum Gasteiger partial charge on any atom is -0.507 e. The van der Waals surface area contributed by atoms with Gasteiger partial charge in [-0.25, -0.2) is 0 Å². The fraction of sp³-hybridized carbons (Fsp3) is 0.294. The van der Waals surface area contributed by atoms with Crippen LogP contribution in [-0.4, -0.2) is 72.6 Å². The van der Waals surface area contributed by atoms with Crippen molar-refractivity contribution in [2.75, 3.05) is 46.0 Å². The third-order valence-electron chi connectivity index (χ3n) is 7.49. The fourth-order valence-electron chi connectivity index (χ4n) is 5.41. The zero-order valence-corrected chi connectivity index (χ0v) is 23.8. The lowest BCUT2D eigenvalue weighted by atomic mass is 9.93. The molecule has 2 heterocycles. The first kappa shape index (κ1) is 29.1. The van der Waals surface area contributed by atoms with Crippen molar-refractivity contribution >= 4 is 17.4 Å². The average molecular weight is 569 g/mol. The normalized spacial score (nSPS) is 18.7. The molecule has 218 valence electrons. The number of amides is 1. The lowest BCUT2D eigenvalue weighted by Crippen LogP contribution is -2.38. The molecule has 3 aromatic rings. The molecule has 2 saturated heterocycles. The molecule has 2 fully saturated rings. The molecule has 1 atom stereocenters. The number of aliphatic hydroxyl groups excluding tert-OH is 1. The van der Waals surface area contributed by atoms with Gasteiger partial charge in [0.25, 0.3) is 11.7 Å². The smallest absolute Gasteiger partial charge is 0.295 e. The number of likely N-dealkylation sites (tertiary alicyclic amines) is 1. The Hall–Kier alpha value is -4.40. The van der Waals surface area contributed by atoms with Crippen LogP contribution in [0.1, 0.15) is 29.2 Å². The monoisotopic (exact) mass is 568 g/mol. The number of aliphatic hydroxyl groups is 1. The third-order valence-corrected chi connectivity index (χ3v) is 7.49. The van der Waals surface area contributed by atoms with E-state index in [1.54, 1.807) is 29.2 Å². The first-order valence-corrected chi connectivity index (χ1v) is 14.2. The first-order valence-electron chi connectivity index (χ1n) is 14.2. The highest BCUT2D eigenvalue weighted by Gasteiger charge is 2.46. The number of para-hydroxylation sites is 1. The largest absolute Gasteiger partial charge is 0.507 e. The average Bonchev–Trinajstić information content (AvgIpc) is 3.26. The van der Waals surface area contributed by atoms with E-state index in [4.69, 9.17) is 14.2 Å². The summed E-state index contributed by atoms with van der Waals surface area (Å²) < 4.78 is 17.1. The van der Waals surface area contributed by atoms with Crippen LogP contribution >= 0.6 is 0 Å². The van der Waals surface area contributed by atoms with E-state index in [1.807, 2.05) is 61.5 Å². The number of ketones is 1. The van der Waals surface area contributed by atoms with E-state index < -0.39 is 17.7 Å². The maximum Gasteiger partial charge on any atom is 0.295 e. The van der Waals surface area contributed by atoms with Crippen LogP contribution in [0.3, 0.4) is 0 Å². The molecule has 1 amide bonds. The predicted octanol–water partition coefficient (Wildman–Crippen LogP) is 5.50. The molecule has 8 nitrogen and oxygen atoms in total.